The van der Waals surface area contributed by atoms with Gasteiger partial charge in [0.25, 0.3) is 0 Å². The highest BCUT2D eigenvalue weighted by atomic mass is 15.2. The maximum Gasteiger partial charge on any atom is 0.224 e. The summed E-state index contributed by atoms with van der Waals surface area (Å²) >= 11 is 0. The standard InChI is InChI=1S/C12H9N7/c13-5-7-3-1-2-4-9(7)16-10-8-6-15-19-11(8)18-12(14)17-10/h1-4,6H,(H4,14,15,16,17,18,19). The number of H-pyrrole nitrogens is 1. The third kappa shape index (κ3) is 1.91. The molecule has 7 nitrogen and oxygen atoms in total. The number of hydrogen-bond acceptors (Lipinski definition) is 6. The molecule has 2 aromatic heterocycles. The van der Waals surface area contributed by atoms with Crippen LogP contribution < -0.4 is 11.1 Å². The van der Waals surface area contributed by atoms with Gasteiger partial charge in [0, 0.05) is 0 Å². The van der Waals surface area contributed by atoms with E-state index in [4.69, 9.17) is 11.0 Å². The van der Waals surface area contributed by atoms with E-state index in [1.54, 1.807) is 24.4 Å². The minimum absolute atomic E-state index is 0.133. The van der Waals surface area contributed by atoms with Crippen LogP contribution >= 0.6 is 0 Å². The fraction of sp³-hybridized carbons (Fsp3) is 0. The van der Waals surface area contributed by atoms with Gasteiger partial charge in [-0.25, -0.2) is 0 Å². The Labute approximate surface area is 108 Å². The number of benzene rings is 1. The number of nitrogens with two attached hydrogens (primary N) is 1. The van der Waals surface area contributed by atoms with Crippen molar-refractivity contribution in [2.24, 2.45) is 0 Å². The average Bonchev–Trinajstić information content (AvgIpc) is 2.87. The Morgan fingerprint density at radius 2 is 2.11 bits per heavy atom. The van der Waals surface area contributed by atoms with Gasteiger partial charge in [-0.3, -0.25) is 5.10 Å². The molecule has 4 N–H and O–H groups in total. The maximum absolute atomic E-state index is 9.06. The number of anilines is 3. The Kier molecular flexibility index (Phi) is 2.47. The number of nitrogens with one attached hydrogen (secondary N) is 2. The van der Waals surface area contributed by atoms with Crippen LogP contribution in [0.2, 0.25) is 0 Å². The summed E-state index contributed by atoms with van der Waals surface area (Å²) in [6.07, 6.45) is 1.60. The van der Waals surface area contributed by atoms with E-state index in [2.05, 4.69) is 31.6 Å². The Balaban J connectivity index is 2.11. The van der Waals surface area contributed by atoms with Crippen LogP contribution in [0.5, 0.6) is 0 Å². The van der Waals surface area contributed by atoms with E-state index in [0.717, 1.165) is 0 Å². The van der Waals surface area contributed by atoms with Gasteiger partial charge in [0.05, 0.1) is 22.8 Å². The van der Waals surface area contributed by atoms with Gasteiger partial charge in [0.15, 0.2) is 5.65 Å². The van der Waals surface area contributed by atoms with E-state index in [1.165, 1.54) is 0 Å². The quantitative estimate of drug-likeness (QED) is 0.636. The summed E-state index contributed by atoms with van der Waals surface area (Å²) in [5, 5.41) is 19.5. The zero-order chi connectivity index (χ0) is 13.2. The molecule has 0 radical (unpaired) electrons. The number of rotatable bonds is 2. The van der Waals surface area contributed by atoms with Gasteiger partial charge in [0.2, 0.25) is 5.95 Å². The topological polar surface area (TPSA) is 116 Å². The van der Waals surface area contributed by atoms with Crippen molar-refractivity contribution in [3.63, 3.8) is 0 Å². The normalized spacial score (nSPS) is 10.3. The van der Waals surface area contributed by atoms with Crippen molar-refractivity contribution in [1.29, 1.82) is 5.26 Å². The highest BCUT2D eigenvalue weighted by Crippen LogP contribution is 2.24. The van der Waals surface area contributed by atoms with E-state index in [9.17, 15) is 0 Å². The predicted molar refractivity (Wildman–Crippen MR) is 70.5 cm³/mol. The fourth-order valence-electron chi connectivity index (χ4n) is 1.76. The van der Waals surface area contributed by atoms with E-state index in [1.807, 2.05) is 6.07 Å². The van der Waals surface area contributed by atoms with Crippen molar-refractivity contribution in [2.45, 2.75) is 0 Å². The van der Waals surface area contributed by atoms with Gasteiger partial charge >= 0.3 is 0 Å². The molecule has 3 rings (SSSR count). The monoisotopic (exact) mass is 251 g/mol. The molecule has 92 valence electrons. The summed E-state index contributed by atoms with van der Waals surface area (Å²) in [7, 11) is 0. The second-order valence-electron chi connectivity index (χ2n) is 3.85. The van der Waals surface area contributed by atoms with Crippen LogP contribution in [0.3, 0.4) is 0 Å². The fourth-order valence-corrected chi connectivity index (χ4v) is 1.76. The van der Waals surface area contributed by atoms with Crippen LogP contribution in [0, 0.1) is 11.3 Å². The Bertz CT molecular complexity index is 784. The van der Waals surface area contributed by atoms with Crippen molar-refractivity contribution in [1.82, 2.24) is 20.2 Å². The molecule has 0 bridgehead atoms. The summed E-state index contributed by atoms with van der Waals surface area (Å²) < 4.78 is 0. The van der Waals surface area contributed by atoms with E-state index >= 15 is 0 Å². The molecule has 0 aliphatic heterocycles. The number of nitriles is 1. The van der Waals surface area contributed by atoms with Crippen molar-refractivity contribution >= 4 is 28.5 Å². The molecule has 0 aliphatic rings. The molecule has 1 aromatic carbocycles. The van der Waals surface area contributed by atoms with Crippen LogP contribution in [0.25, 0.3) is 11.0 Å². The van der Waals surface area contributed by atoms with Crippen molar-refractivity contribution < 1.29 is 0 Å². The number of nitrogen functional groups attached to an aromatic ring is 1. The van der Waals surface area contributed by atoms with Crippen LogP contribution in [-0.4, -0.2) is 20.2 Å². The van der Waals surface area contributed by atoms with Crippen molar-refractivity contribution in [3.8, 4) is 6.07 Å². The smallest absolute Gasteiger partial charge is 0.224 e. The van der Waals surface area contributed by atoms with E-state index in [-0.39, 0.29) is 5.95 Å². The first-order chi connectivity index (χ1) is 9.28. The van der Waals surface area contributed by atoms with Crippen LogP contribution in [0.15, 0.2) is 30.5 Å². The highest BCUT2D eigenvalue weighted by Gasteiger charge is 2.09. The number of aromatic amines is 1. The van der Waals surface area contributed by atoms with Gasteiger partial charge < -0.3 is 11.1 Å². The molecule has 0 unspecified atom stereocenters. The number of para-hydroxylation sites is 1. The Hall–Kier alpha value is -3.14. The first-order valence-corrected chi connectivity index (χ1v) is 5.50. The SMILES string of the molecule is N#Cc1ccccc1Nc1nc(N)nc2[nH]ncc12. The van der Waals surface area contributed by atoms with E-state index in [0.29, 0.717) is 28.1 Å². The van der Waals surface area contributed by atoms with E-state index < -0.39 is 0 Å². The minimum atomic E-state index is 0.133. The van der Waals surface area contributed by atoms with Crippen LogP contribution in [-0.2, 0) is 0 Å². The average molecular weight is 251 g/mol. The van der Waals surface area contributed by atoms with Crippen LogP contribution in [0.1, 0.15) is 5.56 Å². The van der Waals surface area contributed by atoms with Gasteiger partial charge in [-0.2, -0.15) is 20.3 Å². The molecule has 0 spiro atoms. The molecular formula is C12H9N7. The molecule has 0 fully saturated rings. The molecule has 19 heavy (non-hydrogen) atoms. The summed E-state index contributed by atoms with van der Waals surface area (Å²) in [5.41, 5.74) is 7.36. The molecule has 3 aromatic rings. The lowest BCUT2D eigenvalue weighted by molar-refractivity contribution is 1.09. The molecule has 2 heterocycles. The second kappa shape index (κ2) is 4.27. The lowest BCUT2D eigenvalue weighted by atomic mass is 10.2. The molecule has 0 saturated carbocycles. The second-order valence-corrected chi connectivity index (χ2v) is 3.85. The molecule has 0 atom stereocenters. The third-order valence-corrected chi connectivity index (χ3v) is 2.63. The largest absolute Gasteiger partial charge is 0.368 e. The molecular weight excluding hydrogens is 242 g/mol. The van der Waals surface area contributed by atoms with Gasteiger partial charge in [-0.15, -0.1) is 0 Å². The summed E-state index contributed by atoms with van der Waals surface area (Å²) in [6.45, 7) is 0. The predicted octanol–water partition coefficient (Wildman–Crippen LogP) is 1.55. The first-order valence-electron chi connectivity index (χ1n) is 5.50. The zero-order valence-corrected chi connectivity index (χ0v) is 9.75. The number of aromatic nitrogens is 4. The molecule has 0 aliphatic carbocycles. The lowest BCUT2D eigenvalue weighted by Gasteiger charge is -2.08. The summed E-state index contributed by atoms with van der Waals surface area (Å²) in [6, 6.07) is 9.26. The summed E-state index contributed by atoms with van der Waals surface area (Å²) in [5.74, 6) is 0.646. The Morgan fingerprint density at radius 1 is 1.26 bits per heavy atom. The minimum Gasteiger partial charge on any atom is -0.368 e. The van der Waals surface area contributed by atoms with Gasteiger partial charge in [-0.1, -0.05) is 12.1 Å². The molecule has 7 heteroatoms. The molecule has 0 saturated heterocycles. The maximum atomic E-state index is 9.06. The zero-order valence-electron chi connectivity index (χ0n) is 9.75. The first kappa shape index (κ1) is 11.0. The molecule has 0 amide bonds. The number of nitrogens with zero attached hydrogens (tertiary/aromatic N) is 4. The lowest BCUT2D eigenvalue weighted by Crippen LogP contribution is -2.01. The van der Waals surface area contributed by atoms with Crippen LogP contribution in [0.4, 0.5) is 17.5 Å². The number of fused-ring (bicyclic) bond motifs is 1. The third-order valence-electron chi connectivity index (χ3n) is 2.63. The Morgan fingerprint density at radius 3 is 2.95 bits per heavy atom. The van der Waals surface area contributed by atoms with Crippen molar-refractivity contribution in [3.05, 3.63) is 36.0 Å². The highest BCUT2D eigenvalue weighted by molar-refractivity contribution is 5.89. The summed E-state index contributed by atoms with van der Waals surface area (Å²) in [4.78, 5) is 8.15. The number of hydrogen-bond donors (Lipinski definition) is 3. The van der Waals surface area contributed by atoms with Gasteiger partial charge in [0.1, 0.15) is 11.9 Å². The van der Waals surface area contributed by atoms with Crippen molar-refractivity contribution in [2.75, 3.05) is 11.1 Å². The van der Waals surface area contributed by atoms with Gasteiger partial charge in [-0.05, 0) is 12.1 Å².